The highest BCUT2D eigenvalue weighted by molar-refractivity contribution is 7.89. The first-order valence-corrected chi connectivity index (χ1v) is 8.17. The van der Waals surface area contributed by atoms with Crippen LogP contribution in [0.25, 0.3) is 0 Å². The first-order valence-electron chi connectivity index (χ1n) is 6.69. The van der Waals surface area contributed by atoms with E-state index in [1.54, 1.807) is 18.2 Å². The first-order chi connectivity index (χ1) is 10.5. The van der Waals surface area contributed by atoms with Gasteiger partial charge < -0.3 is 4.74 Å². The molecule has 2 rings (SSSR count). The Kier molecular flexibility index (Phi) is 5.29. The predicted octanol–water partition coefficient (Wildman–Crippen LogP) is 0.620. The molecule has 8 heteroatoms. The van der Waals surface area contributed by atoms with E-state index in [1.807, 2.05) is 0 Å². The topological polar surface area (TPSA) is 90.3 Å². The third kappa shape index (κ3) is 4.15. The highest BCUT2D eigenvalue weighted by Gasteiger charge is 2.13. The van der Waals surface area contributed by atoms with Crippen molar-refractivity contribution in [3.63, 3.8) is 0 Å². The van der Waals surface area contributed by atoms with Gasteiger partial charge in [-0.25, -0.2) is 17.8 Å². The van der Waals surface area contributed by atoms with Crippen LogP contribution in [0.1, 0.15) is 6.42 Å². The number of nitrogens with one attached hydrogen (secondary N) is 1. The summed E-state index contributed by atoms with van der Waals surface area (Å²) in [6.07, 6.45) is 1.98. The quantitative estimate of drug-likeness (QED) is 0.754. The van der Waals surface area contributed by atoms with Crippen LogP contribution in [0.3, 0.4) is 0 Å². The number of benzene rings is 1. The highest BCUT2D eigenvalue weighted by Crippen LogP contribution is 2.15. The zero-order valence-corrected chi connectivity index (χ0v) is 12.9. The molecule has 22 heavy (non-hydrogen) atoms. The van der Waals surface area contributed by atoms with Crippen LogP contribution in [-0.4, -0.2) is 31.9 Å². The summed E-state index contributed by atoms with van der Waals surface area (Å²) in [7, 11) is -2.05. The molecule has 7 nitrogen and oxygen atoms in total. The van der Waals surface area contributed by atoms with Gasteiger partial charge in [-0.1, -0.05) is 0 Å². The molecule has 1 N–H and O–H groups in total. The second-order valence-corrected chi connectivity index (χ2v) is 6.28. The van der Waals surface area contributed by atoms with E-state index in [9.17, 15) is 13.2 Å². The highest BCUT2D eigenvalue weighted by atomic mass is 32.2. The number of sulfonamides is 1. The lowest BCUT2D eigenvalue weighted by molar-refractivity contribution is 0.414. The second kappa shape index (κ2) is 7.19. The molecule has 0 saturated carbocycles. The molecule has 0 radical (unpaired) electrons. The zero-order valence-electron chi connectivity index (χ0n) is 12.1. The van der Waals surface area contributed by atoms with Crippen molar-refractivity contribution < 1.29 is 13.2 Å². The molecular formula is C14H17N3O4S. The summed E-state index contributed by atoms with van der Waals surface area (Å²) in [5.74, 6) is 0.591. The number of aryl methyl sites for hydroxylation is 1. The summed E-state index contributed by atoms with van der Waals surface area (Å²) in [5.41, 5.74) is -0.208. The fourth-order valence-corrected chi connectivity index (χ4v) is 2.90. The van der Waals surface area contributed by atoms with Gasteiger partial charge in [0.05, 0.1) is 12.0 Å². The van der Waals surface area contributed by atoms with Crippen LogP contribution in [0.2, 0.25) is 0 Å². The maximum absolute atomic E-state index is 12.1. The van der Waals surface area contributed by atoms with Crippen molar-refractivity contribution in [2.45, 2.75) is 17.9 Å². The van der Waals surface area contributed by atoms with Crippen LogP contribution in [0.15, 0.2) is 52.3 Å². The molecule has 0 fully saturated rings. The van der Waals surface area contributed by atoms with Crippen molar-refractivity contribution >= 4 is 10.0 Å². The molecule has 0 unspecified atom stereocenters. The molecule has 0 atom stereocenters. The predicted molar refractivity (Wildman–Crippen MR) is 81.3 cm³/mol. The Morgan fingerprint density at radius 1 is 1.23 bits per heavy atom. The summed E-state index contributed by atoms with van der Waals surface area (Å²) in [5, 5.41) is 3.90. The van der Waals surface area contributed by atoms with Crippen molar-refractivity contribution in [2.75, 3.05) is 13.7 Å². The largest absolute Gasteiger partial charge is 0.497 e. The van der Waals surface area contributed by atoms with E-state index in [-0.39, 0.29) is 17.0 Å². The van der Waals surface area contributed by atoms with E-state index in [4.69, 9.17) is 4.74 Å². The molecule has 0 spiro atoms. The van der Waals surface area contributed by atoms with E-state index in [2.05, 4.69) is 9.82 Å². The van der Waals surface area contributed by atoms with Crippen LogP contribution in [-0.2, 0) is 16.6 Å². The summed E-state index contributed by atoms with van der Waals surface area (Å²) in [6.45, 7) is 0.572. The number of methoxy groups -OCH3 is 1. The lowest BCUT2D eigenvalue weighted by atomic mass is 10.3. The lowest BCUT2D eigenvalue weighted by Crippen LogP contribution is -2.27. The fraction of sp³-hybridized carbons (Fsp3) is 0.286. The number of rotatable bonds is 7. The van der Waals surface area contributed by atoms with Crippen LogP contribution in [0.5, 0.6) is 5.75 Å². The summed E-state index contributed by atoms with van der Waals surface area (Å²) in [4.78, 5) is 11.6. The Bertz CT molecular complexity index is 769. The Hall–Kier alpha value is -2.19. The molecule has 0 bridgehead atoms. The molecule has 0 aliphatic carbocycles. The van der Waals surface area contributed by atoms with Gasteiger partial charge in [-0.2, -0.15) is 5.10 Å². The number of aromatic nitrogens is 2. The molecule has 0 aliphatic rings. The summed E-state index contributed by atoms with van der Waals surface area (Å²) >= 11 is 0. The fourth-order valence-electron chi connectivity index (χ4n) is 1.83. The standard InChI is InChI=1S/C14H17N3O4S/c1-21-12-5-7-13(8-6-12)22(19,20)16-10-3-11-17-14(18)4-2-9-15-17/h2,4-9,16H,3,10-11H2,1H3. The minimum absolute atomic E-state index is 0.170. The number of nitrogens with zero attached hydrogens (tertiary/aromatic N) is 2. The first kappa shape index (κ1) is 16.2. The van der Waals surface area contributed by atoms with Crippen LogP contribution in [0.4, 0.5) is 0 Å². The third-order valence-electron chi connectivity index (χ3n) is 2.99. The molecular weight excluding hydrogens is 306 g/mol. The maximum Gasteiger partial charge on any atom is 0.266 e. The minimum atomic E-state index is -3.56. The average Bonchev–Trinajstić information content (AvgIpc) is 2.53. The van der Waals surface area contributed by atoms with Crippen molar-refractivity contribution in [1.82, 2.24) is 14.5 Å². The number of ether oxygens (including phenoxy) is 1. The van der Waals surface area contributed by atoms with E-state index in [0.29, 0.717) is 18.7 Å². The van der Waals surface area contributed by atoms with E-state index in [0.717, 1.165) is 0 Å². The van der Waals surface area contributed by atoms with Gasteiger partial charge in [-0.3, -0.25) is 4.79 Å². The average molecular weight is 323 g/mol. The Labute approximate surface area is 128 Å². The maximum atomic E-state index is 12.1. The van der Waals surface area contributed by atoms with Crippen molar-refractivity contribution in [1.29, 1.82) is 0 Å². The molecule has 0 aliphatic heterocycles. The molecule has 2 aromatic rings. The van der Waals surface area contributed by atoms with Crippen molar-refractivity contribution in [3.05, 3.63) is 52.9 Å². The molecule has 0 saturated heterocycles. The second-order valence-electron chi connectivity index (χ2n) is 4.51. The van der Waals surface area contributed by atoms with Gasteiger partial charge >= 0.3 is 0 Å². The molecule has 1 aromatic carbocycles. The van der Waals surface area contributed by atoms with E-state index < -0.39 is 10.0 Å². The van der Waals surface area contributed by atoms with E-state index >= 15 is 0 Å². The van der Waals surface area contributed by atoms with E-state index in [1.165, 1.54) is 36.2 Å². The monoisotopic (exact) mass is 323 g/mol. The van der Waals surface area contributed by atoms with Gasteiger partial charge in [0.1, 0.15) is 5.75 Å². The lowest BCUT2D eigenvalue weighted by Gasteiger charge is -2.08. The third-order valence-corrected chi connectivity index (χ3v) is 4.47. The van der Waals surface area contributed by atoms with Crippen LogP contribution in [0, 0.1) is 0 Å². The molecule has 1 heterocycles. The van der Waals surface area contributed by atoms with Gasteiger partial charge in [-0.15, -0.1) is 0 Å². The van der Waals surface area contributed by atoms with Crippen LogP contribution < -0.4 is 15.0 Å². The number of hydrogen-bond donors (Lipinski definition) is 1. The SMILES string of the molecule is COc1ccc(S(=O)(=O)NCCCn2ncccc2=O)cc1. The Balaban J connectivity index is 1.90. The smallest absolute Gasteiger partial charge is 0.266 e. The van der Waals surface area contributed by atoms with Gasteiger partial charge in [0.15, 0.2) is 0 Å². The Morgan fingerprint density at radius 3 is 2.59 bits per heavy atom. The molecule has 118 valence electrons. The molecule has 1 aromatic heterocycles. The summed E-state index contributed by atoms with van der Waals surface area (Å²) < 4.78 is 32.9. The van der Waals surface area contributed by atoms with Gasteiger partial charge in [-0.05, 0) is 36.8 Å². The van der Waals surface area contributed by atoms with Gasteiger partial charge in [0.25, 0.3) is 5.56 Å². The Morgan fingerprint density at radius 2 is 1.95 bits per heavy atom. The van der Waals surface area contributed by atoms with Gasteiger partial charge in [0, 0.05) is 25.4 Å². The van der Waals surface area contributed by atoms with Crippen LogP contribution >= 0.6 is 0 Å². The van der Waals surface area contributed by atoms with Crippen molar-refractivity contribution in [3.8, 4) is 5.75 Å². The van der Waals surface area contributed by atoms with Gasteiger partial charge in [0.2, 0.25) is 10.0 Å². The zero-order chi connectivity index (χ0) is 16.0. The summed E-state index contributed by atoms with van der Waals surface area (Å²) in [6, 6.07) is 9.10. The van der Waals surface area contributed by atoms with Crippen molar-refractivity contribution in [2.24, 2.45) is 0 Å². The number of hydrogen-bond acceptors (Lipinski definition) is 5. The minimum Gasteiger partial charge on any atom is -0.497 e. The molecule has 0 amide bonds. The normalized spacial score (nSPS) is 11.3.